The average Bonchev–Trinajstić information content (AvgIpc) is 3.12. The van der Waals surface area contributed by atoms with E-state index in [9.17, 15) is 14.4 Å². The van der Waals surface area contributed by atoms with Crippen molar-refractivity contribution >= 4 is 17.7 Å². The van der Waals surface area contributed by atoms with Gasteiger partial charge in [-0.1, -0.05) is 0 Å². The number of hydrogen-bond donors (Lipinski definition) is 2. The zero-order valence-corrected chi connectivity index (χ0v) is 14.1. The summed E-state index contributed by atoms with van der Waals surface area (Å²) in [5.41, 5.74) is 1.77. The first-order chi connectivity index (χ1) is 11.3. The molecule has 0 aromatic carbocycles. The van der Waals surface area contributed by atoms with Gasteiger partial charge >= 0.3 is 5.97 Å². The van der Waals surface area contributed by atoms with E-state index in [1.165, 1.54) is 20.1 Å². The van der Waals surface area contributed by atoms with Crippen molar-refractivity contribution in [1.82, 2.24) is 10.3 Å². The summed E-state index contributed by atoms with van der Waals surface area (Å²) in [6, 6.07) is 3.44. The number of esters is 1. The highest BCUT2D eigenvalue weighted by Crippen LogP contribution is 2.19. The fourth-order valence-electron chi connectivity index (χ4n) is 2.49. The van der Waals surface area contributed by atoms with Crippen LogP contribution >= 0.6 is 0 Å². The van der Waals surface area contributed by atoms with Crippen LogP contribution in [0.3, 0.4) is 0 Å². The van der Waals surface area contributed by atoms with Gasteiger partial charge in [-0.3, -0.25) is 9.59 Å². The number of aryl methyl sites for hydroxylation is 1. The Hall–Kier alpha value is -2.83. The highest BCUT2D eigenvalue weighted by Gasteiger charge is 2.24. The van der Waals surface area contributed by atoms with Crippen molar-refractivity contribution in [3.63, 3.8) is 0 Å². The van der Waals surface area contributed by atoms with E-state index in [4.69, 9.17) is 9.15 Å². The number of nitrogens with one attached hydrogen (secondary N) is 2. The summed E-state index contributed by atoms with van der Waals surface area (Å²) in [5, 5.41) is 2.62. The third-order valence-electron chi connectivity index (χ3n) is 3.66. The minimum atomic E-state index is -0.976. The summed E-state index contributed by atoms with van der Waals surface area (Å²) in [7, 11) is 0. The van der Waals surface area contributed by atoms with E-state index in [0.29, 0.717) is 22.6 Å². The van der Waals surface area contributed by atoms with Crippen molar-refractivity contribution in [1.29, 1.82) is 0 Å². The lowest BCUT2D eigenvalue weighted by Gasteiger charge is -2.12. The number of carbonyl (C=O) groups excluding carboxylic acids is 3. The normalized spacial score (nSPS) is 11.8. The largest absolute Gasteiger partial charge is 0.467 e. The second-order valence-electron chi connectivity index (χ2n) is 5.53. The maximum atomic E-state index is 12.2. The molecule has 0 aliphatic rings. The van der Waals surface area contributed by atoms with Crippen LogP contribution in [0, 0.1) is 13.8 Å². The summed E-state index contributed by atoms with van der Waals surface area (Å²) in [4.78, 5) is 38.7. The second kappa shape index (κ2) is 7.16. The van der Waals surface area contributed by atoms with Crippen molar-refractivity contribution in [3.8, 4) is 0 Å². The van der Waals surface area contributed by atoms with Crippen LogP contribution < -0.4 is 5.32 Å². The monoisotopic (exact) mass is 332 g/mol. The molecule has 1 amide bonds. The van der Waals surface area contributed by atoms with E-state index in [0.717, 1.165) is 0 Å². The number of hydrogen-bond acceptors (Lipinski definition) is 5. The predicted molar refractivity (Wildman–Crippen MR) is 85.7 cm³/mol. The van der Waals surface area contributed by atoms with E-state index in [1.807, 2.05) is 0 Å². The molecule has 2 heterocycles. The molecule has 0 radical (unpaired) electrons. The third-order valence-corrected chi connectivity index (χ3v) is 3.66. The fraction of sp³-hybridized carbons (Fsp3) is 0.353. The van der Waals surface area contributed by atoms with Gasteiger partial charge in [-0.25, -0.2) is 4.79 Å². The van der Waals surface area contributed by atoms with E-state index in [1.54, 1.807) is 26.0 Å². The van der Waals surface area contributed by atoms with Gasteiger partial charge in [0.05, 0.1) is 12.8 Å². The lowest BCUT2D eigenvalue weighted by molar-refractivity contribution is -0.129. The molecule has 128 valence electrons. The van der Waals surface area contributed by atoms with Crippen molar-refractivity contribution < 1.29 is 23.5 Å². The number of ether oxygens (including phenoxy) is 1. The number of carbonyl (C=O) groups is 3. The topological polar surface area (TPSA) is 101 Å². The third kappa shape index (κ3) is 3.73. The van der Waals surface area contributed by atoms with Crippen molar-refractivity contribution in [2.24, 2.45) is 0 Å². The van der Waals surface area contributed by atoms with E-state index < -0.39 is 18.0 Å². The van der Waals surface area contributed by atoms with Gasteiger partial charge in [-0.05, 0) is 45.4 Å². The van der Waals surface area contributed by atoms with Gasteiger partial charge in [-0.15, -0.1) is 0 Å². The van der Waals surface area contributed by atoms with E-state index in [-0.39, 0.29) is 18.0 Å². The molecule has 2 rings (SSSR count). The first-order valence-electron chi connectivity index (χ1n) is 7.52. The smallest absolute Gasteiger partial charge is 0.355 e. The number of aromatic nitrogens is 1. The van der Waals surface area contributed by atoms with Crippen LogP contribution in [0.2, 0.25) is 0 Å². The van der Waals surface area contributed by atoms with Gasteiger partial charge in [0.2, 0.25) is 0 Å². The molecule has 1 atom stereocenters. The average molecular weight is 332 g/mol. The number of amides is 1. The quantitative estimate of drug-likeness (QED) is 0.624. The van der Waals surface area contributed by atoms with Crippen molar-refractivity contribution in [2.45, 2.75) is 40.3 Å². The van der Waals surface area contributed by atoms with Gasteiger partial charge < -0.3 is 19.5 Å². The van der Waals surface area contributed by atoms with Crippen LogP contribution in [0.1, 0.15) is 51.7 Å². The van der Waals surface area contributed by atoms with Gasteiger partial charge in [0.15, 0.2) is 11.9 Å². The van der Waals surface area contributed by atoms with Crippen LogP contribution in [0.25, 0.3) is 0 Å². The zero-order chi connectivity index (χ0) is 17.9. The second-order valence-corrected chi connectivity index (χ2v) is 5.53. The van der Waals surface area contributed by atoms with Crippen LogP contribution in [0.15, 0.2) is 22.8 Å². The lowest BCUT2D eigenvalue weighted by atomic mass is 10.1. The minimum Gasteiger partial charge on any atom is -0.467 e. The number of rotatable bonds is 6. The van der Waals surface area contributed by atoms with Gasteiger partial charge in [-0.2, -0.15) is 0 Å². The first-order valence-corrected chi connectivity index (χ1v) is 7.52. The fourth-order valence-corrected chi connectivity index (χ4v) is 2.49. The molecule has 0 spiro atoms. The van der Waals surface area contributed by atoms with Crippen LogP contribution in [0.5, 0.6) is 0 Å². The molecule has 0 aliphatic carbocycles. The number of aromatic amines is 1. The molecule has 0 aliphatic heterocycles. The molecule has 0 saturated carbocycles. The Morgan fingerprint density at radius 3 is 2.58 bits per heavy atom. The number of furan rings is 1. The maximum Gasteiger partial charge on any atom is 0.355 e. The van der Waals surface area contributed by atoms with E-state index in [2.05, 4.69) is 10.3 Å². The van der Waals surface area contributed by atoms with Gasteiger partial charge in [0.1, 0.15) is 11.5 Å². The van der Waals surface area contributed by atoms with Gasteiger partial charge in [0, 0.05) is 11.3 Å². The Kier molecular flexibility index (Phi) is 5.23. The number of Topliss-reactive ketones (excluding diaryl/α,β-unsaturated/α-hetero) is 1. The van der Waals surface area contributed by atoms with Crippen LogP contribution in [-0.4, -0.2) is 28.7 Å². The Labute approximate surface area is 139 Å². The van der Waals surface area contributed by atoms with Gasteiger partial charge in [0.25, 0.3) is 5.91 Å². The summed E-state index contributed by atoms with van der Waals surface area (Å²) in [5.74, 6) is -0.649. The molecule has 0 bridgehead atoms. The van der Waals surface area contributed by atoms with Crippen LogP contribution in [-0.2, 0) is 16.1 Å². The SMILES string of the molecule is CC(=O)c1c(C)[nH]c(C(=O)O[C@@H](C)C(=O)NCc2ccco2)c1C. The van der Waals surface area contributed by atoms with Crippen molar-refractivity contribution in [2.75, 3.05) is 0 Å². The first kappa shape index (κ1) is 17.5. The molecule has 7 nitrogen and oxygen atoms in total. The highest BCUT2D eigenvalue weighted by molar-refractivity contribution is 6.01. The molecular formula is C17H20N2O5. The lowest BCUT2D eigenvalue weighted by Crippen LogP contribution is -2.35. The predicted octanol–water partition coefficient (Wildman–Crippen LogP) is 2.29. The summed E-state index contributed by atoms with van der Waals surface area (Å²) in [6.45, 7) is 6.50. The standard InChI is InChI=1S/C17H20N2O5/c1-9-14(11(3)20)10(2)19-15(9)17(22)24-12(4)16(21)18-8-13-6-5-7-23-13/h5-7,12,19H,8H2,1-4H3,(H,18,21)/t12-/m0/s1. The van der Waals surface area contributed by atoms with Crippen LogP contribution in [0.4, 0.5) is 0 Å². The Balaban J connectivity index is 1.99. The summed E-state index contributed by atoms with van der Waals surface area (Å²) >= 11 is 0. The molecule has 7 heteroatoms. The number of ketones is 1. The molecule has 0 fully saturated rings. The maximum absolute atomic E-state index is 12.2. The van der Waals surface area contributed by atoms with Crippen molar-refractivity contribution in [3.05, 3.63) is 46.7 Å². The molecule has 0 saturated heterocycles. The minimum absolute atomic E-state index is 0.135. The summed E-state index contributed by atoms with van der Waals surface area (Å²) in [6.07, 6.45) is 0.532. The molecule has 2 aromatic heterocycles. The highest BCUT2D eigenvalue weighted by atomic mass is 16.5. The molecule has 24 heavy (non-hydrogen) atoms. The Morgan fingerprint density at radius 2 is 2.04 bits per heavy atom. The van der Waals surface area contributed by atoms with E-state index >= 15 is 0 Å². The molecule has 2 aromatic rings. The zero-order valence-electron chi connectivity index (χ0n) is 14.1. The molecular weight excluding hydrogens is 312 g/mol. The molecule has 0 unspecified atom stereocenters. The molecule has 2 N–H and O–H groups in total. The number of H-pyrrole nitrogens is 1. The Morgan fingerprint density at radius 1 is 1.33 bits per heavy atom. The Bertz CT molecular complexity index is 758. The summed E-state index contributed by atoms with van der Waals surface area (Å²) < 4.78 is 10.3.